The number of nitrogens with one attached hydrogen (secondary N) is 1. The lowest BCUT2D eigenvalue weighted by Gasteiger charge is -2.31. The van der Waals surface area contributed by atoms with Crippen molar-refractivity contribution in [3.05, 3.63) is 18.0 Å². The summed E-state index contributed by atoms with van der Waals surface area (Å²) < 4.78 is 1.73. The summed E-state index contributed by atoms with van der Waals surface area (Å²) in [6.07, 6.45) is 4.48. The molecule has 0 spiro atoms. The molecule has 0 saturated heterocycles. The Morgan fingerprint density at radius 3 is 2.61 bits per heavy atom. The Labute approximate surface area is 109 Å². The highest BCUT2D eigenvalue weighted by molar-refractivity contribution is 5.04. The SMILES string of the molecule is CC(C)(C)C(CCO)NCc1cnn(CCO)c1. The van der Waals surface area contributed by atoms with E-state index in [0.717, 1.165) is 18.5 Å². The van der Waals surface area contributed by atoms with E-state index in [0.29, 0.717) is 6.54 Å². The topological polar surface area (TPSA) is 70.3 Å². The standard InChI is InChI=1S/C13H25N3O2/c1-13(2,3)12(4-6-17)14-8-11-9-15-16(10-11)5-7-18/h9-10,12,14,17-18H,4-8H2,1-3H3. The fraction of sp³-hybridized carbons (Fsp3) is 0.769. The normalized spacial score (nSPS) is 13.8. The molecule has 5 heteroatoms. The van der Waals surface area contributed by atoms with E-state index in [-0.39, 0.29) is 24.7 Å². The first kappa shape index (κ1) is 15.1. The third kappa shape index (κ3) is 4.76. The molecule has 18 heavy (non-hydrogen) atoms. The zero-order valence-electron chi connectivity index (χ0n) is 11.6. The second kappa shape index (κ2) is 6.87. The lowest BCUT2D eigenvalue weighted by atomic mass is 9.85. The summed E-state index contributed by atoms with van der Waals surface area (Å²) in [5.74, 6) is 0. The highest BCUT2D eigenvalue weighted by atomic mass is 16.3. The third-order valence-electron chi connectivity index (χ3n) is 3.03. The summed E-state index contributed by atoms with van der Waals surface area (Å²) in [7, 11) is 0. The van der Waals surface area contributed by atoms with Crippen LogP contribution in [0.4, 0.5) is 0 Å². The molecular weight excluding hydrogens is 230 g/mol. The Kier molecular flexibility index (Phi) is 5.78. The van der Waals surface area contributed by atoms with Gasteiger partial charge in [0.2, 0.25) is 0 Å². The molecule has 0 aliphatic carbocycles. The van der Waals surface area contributed by atoms with Gasteiger partial charge >= 0.3 is 0 Å². The second-order valence-corrected chi connectivity index (χ2v) is 5.65. The molecule has 1 aromatic heterocycles. The molecule has 0 saturated carbocycles. The Morgan fingerprint density at radius 2 is 2.06 bits per heavy atom. The van der Waals surface area contributed by atoms with Crippen LogP contribution in [0, 0.1) is 5.41 Å². The molecule has 0 aliphatic rings. The van der Waals surface area contributed by atoms with Gasteiger partial charge in [-0.15, -0.1) is 0 Å². The molecule has 1 rings (SSSR count). The monoisotopic (exact) mass is 255 g/mol. The average molecular weight is 255 g/mol. The zero-order chi connectivity index (χ0) is 13.6. The molecule has 0 aromatic carbocycles. The Bertz CT molecular complexity index is 344. The number of aliphatic hydroxyl groups is 2. The fourth-order valence-electron chi connectivity index (χ4n) is 1.93. The van der Waals surface area contributed by atoms with Crippen LogP contribution in [0.25, 0.3) is 0 Å². The maximum absolute atomic E-state index is 9.09. The molecule has 104 valence electrons. The van der Waals surface area contributed by atoms with Crippen molar-refractivity contribution in [3.63, 3.8) is 0 Å². The van der Waals surface area contributed by atoms with Crippen molar-refractivity contribution < 1.29 is 10.2 Å². The summed E-state index contributed by atoms with van der Waals surface area (Å²) in [6, 6.07) is 0.267. The van der Waals surface area contributed by atoms with Gasteiger partial charge in [-0.05, 0) is 11.8 Å². The van der Waals surface area contributed by atoms with Crippen LogP contribution in [-0.4, -0.2) is 39.2 Å². The minimum absolute atomic E-state index is 0.101. The van der Waals surface area contributed by atoms with Crippen LogP contribution in [0.15, 0.2) is 12.4 Å². The molecule has 0 aliphatic heterocycles. The van der Waals surface area contributed by atoms with Gasteiger partial charge in [0.25, 0.3) is 0 Å². The molecule has 3 N–H and O–H groups in total. The van der Waals surface area contributed by atoms with Crippen LogP contribution < -0.4 is 5.32 Å². The third-order valence-corrected chi connectivity index (χ3v) is 3.03. The van der Waals surface area contributed by atoms with E-state index in [1.807, 2.05) is 6.20 Å². The van der Waals surface area contributed by atoms with Crippen LogP contribution in [0.1, 0.15) is 32.8 Å². The predicted octanol–water partition coefficient (Wildman–Crippen LogP) is 0.762. The molecule has 1 unspecified atom stereocenters. The number of aromatic nitrogens is 2. The van der Waals surface area contributed by atoms with E-state index >= 15 is 0 Å². The van der Waals surface area contributed by atoms with E-state index in [9.17, 15) is 0 Å². The lowest BCUT2D eigenvalue weighted by Crippen LogP contribution is -2.40. The van der Waals surface area contributed by atoms with Gasteiger partial charge in [-0.25, -0.2) is 0 Å². The van der Waals surface area contributed by atoms with Gasteiger partial charge < -0.3 is 15.5 Å². The lowest BCUT2D eigenvalue weighted by molar-refractivity contribution is 0.196. The maximum Gasteiger partial charge on any atom is 0.0640 e. The van der Waals surface area contributed by atoms with Crippen molar-refractivity contribution >= 4 is 0 Å². The van der Waals surface area contributed by atoms with Gasteiger partial charge in [-0.3, -0.25) is 4.68 Å². The van der Waals surface area contributed by atoms with Gasteiger partial charge in [0.1, 0.15) is 0 Å². The second-order valence-electron chi connectivity index (χ2n) is 5.65. The Hall–Kier alpha value is -0.910. The number of rotatable bonds is 7. The van der Waals surface area contributed by atoms with Crippen LogP contribution in [0.5, 0.6) is 0 Å². The highest BCUT2D eigenvalue weighted by Crippen LogP contribution is 2.21. The number of aliphatic hydroxyl groups excluding tert-OH is 2. The summed E-state index contributed by atoms with van der Waals surface area (Å²) >= 11 is 0. The van der Waals surface area contributed by atoms with Gasteiger partial charge in [-0.2, -0.15) is 5.10 Å². The van der Waals surface area contributed by atoms with Crippen molar-refractivity contribution in [1.29, 1.82) is 0 Å². The van der Waals surface area contributed by atoms with E-state index in [1.54, 1.807) is 10.9 Å². The Morgan fingerprint density at radius 1 is 1.33 bits per heavy atom. The summed E-state index contributed by atoms with van der Waals surface area (Å²) in [5.41, 5.74) is 1.21. The van der Waals surface area contributed by atoms with Gasteiger partial charge in [0.15, 0.2) is 0 Å². The van der Waals surface area contributed by atoms with Crippen LogP contribution >= 0.6 is 0 Å². The van der Waals surface area contributed by atoms with Gasteiger partial charge in [0, 0.05) is 31.0 Å². The van der Waals surface area contributed by atoms with E-state index in [4.69, 9.17) is 10.2 Å². The Balaban J connectivity index is 2.50. The largest absolute Gasteiger partial charge is 0.396 e. The minimum atomic E-state index is 0.101. The molecule has 1 aromatic rings. The first-order valence-corrected chi connectivity index (χ1v) is 6.44. The molecule has 0 amide bonds. The number of hydrogen-bond acceptors (Lipinski definition) is 4. The van der Waals surface area contributed by atoms with E-state index in [2.05, 4.69) is 31.2 Å². The quantitative estimate of drug-likeness (QED) is 0.673. The highest BCUT2D eigenvalue weighted by Gasteiger charge is 2.23. The molecule has 1 atom stereocenters. The fourth-order valence-corrected chi connectivity index (χ4v) is 1.93. The molecule has 0 radical (unpaired) electrons. The molecular formula is C13H25N3O2. The zero-order valence-corrected chi connectivity index (χ0v) is 11.6. The van der Waals surface area contributed by atoms with Crippen molar-refractivity contribution in [2.75, 3.05) is 13.2 Å². The number of hydrogen-bond donors (Lipinski definition) is 3. The minimum Gasteiger partial charge on any atom is -0.396 e. The van der Waals surface area contributed by atoms with Crippen molar-refractivity contribution in [2.24, 2.45) is 5.41 Å². The number of nitrogens with zero attached hydrogens (tertiary/aromatic N) is 2. The smallest absolute Gasteiger partial charge is 0.0640 e. The van der Waals surface area contributed by atoms with Crippen LogP contribution in [0.2, 0.25) is 0 Å². The van der Waals surface area contributed by atoms with Crippen molar-refractivity contribution in [2.45, 2.75) is 46.3 Å². The summed E-state index contributed by atoms with van der Waals surface area (Å²) in [5, 5.41) is 25.5. The molecule has 0 bridgehead atoms. The van der Waals surface area contributed by atoms with E-state index < -0.39 is 0 Å². The predicted molar refractivity (Wildman–Crippen MR) is 71.1 cm³/mol. The van der Waals surface area contributed by atoms with Crippen molar-refractivity contribution in [3.8, 4) is 0 Å². The van der Waals surface area contributed by atoms with Crippen molar-refractivity contribution in [1.82, 2.24) is 15.1 Å². The molecule has 5 nitrogen and oxygen atoms in total. The van der Waals surface area contributed by atoms with Gasteiger partial charge in [-0.1, -0.05) is 20.8 Å². The summed E-state index contributed by atoms with van der Waals surface area (Å²) in [4.78, 5) is 0. The van der Waals surface area contributed by atoms with E-state index in [1.165, 1.54) is 0 Å². The average Bonchev–Trinajstić information content (AvgIpc) is 2.71. The van der Waals surface area contributed by atoms with Crippen LogP contribution in [0.3, 0.4) is 0 Å². The first-order valence-electron chi connectivity index (χ1n) is 6.44. The first-order chi connectivity index (χ1) is 8.47. The molecule has 1 heterocycles. The van der Waals surface area contributed by atoms with Crippen LogP contribution in [-0.2, 0) is 13.1 Å². The molecule has 0 fully saturated rings. The summed E-state index contributed by atoms with van der Waals surface area (Å²) in [6.45, 7) is 8.04. The van der Waals surface area contributed by atoms with Gasteiger partial charge in [0.05, 0.1) is 19.3 Å². The maximum atomic E-state index is 9.09.